The number of hydrogen-bond acceptors (Lipinski definition) is 5. The van der Waals surface area contributed by atoms with Crippen molar-refractivity contribution in [2.75, 3.05) is 21.3 Å². The van der Waals surface area contributed by atoms with Gasteiger partial charge in [-0.05, 0) is 97.1 Å². The number of hydrogen-bond donors (Lipinski definition) is 1. The fraction of sp³-hybridized carbons (Fsp3) is 0.300. The lowest BCUT2D eigenvalue weighted by molar-refractivity contribution is 0.791. The van der Waals surface area contributed by atoms with E-state index in [2.05, 4.69) is 103 Å². The molecule has 1 aliphatic rings. The molecule has 0 amide bonds. The predicted molar refractivity (Wildman–Crippen MR) is 157 cm³/mol. The summed E-state index contributed by atoms with van der Waals surface area (Å²) in [5.41, 5.74) is 5.81. The fourth-order valence-corrected chi connectivity index (χ4v) is 5.59. The van der Waals surface area contributed by atoms with E-state index in [-0.39, 0.29) is 0 Å². The van der Waals surface area contributed by atoms with E-state index >= 15 is 0 Å². The van der Waals surface area contributed by atoms with Crippen molar-refractivity contribution >= 4 is 46.0 Å². The topological polar surface area (TPSA) is 28.2 Å². The fourth-order valence-electron chi connectivity index (χ4n) is 3.87. The van der Waals surface area contributed by atoms with Gasteiger partial charge in [0.2, 0.25) is 0 Å². The van der Waals surface area contributed by atoms with Gasteiger partial charge < -0.3 is 9.03 Å². The molecule has 0 radical (unpaired) electrons. The van der Waals surface area contributed by atoms with Gasteiger partial charge in [0, 0.05) is 45.7 Å². The number of nitrogens with zero attached hydrogens (tertiary/aromatic N) is 2. The van der Waals surface area contributed by atoms with Gasteiger partial charge in [0.1, 0.15) is 0 Å². The van der Waals surface area contributed by atoms with Crippen LogP contribution in [0.3, 0.4) is 0 Å². The van der Waals surface area contributed by atoms with Crippen LogP contribution >= 0.6 is 23.9 Å². The Hall–Kier alpha value is -2.63. The highest BCUT2D eigenvalue weighted by molar-refractivity contribution is 8.00. The van der Waals surface area contributed by atoms with E-state index in [1.807, 2.05) is 18.1 Å². The molecule has 3 nitrogen and oxygen atoms in total. The SMILES string of the molecule is CCCC.Cc1ccc(NSc2ccc(N3CCCCS3)cc2)cc1-c1nccc2ccccc12. The number of aryl methyl sites for hydroxylation is 1. The van der Waals surface area contributed by atoms with E-state index in [0.717, 1.165) is 17.9 Å². The summed E-state index contributed by atoms with van der Waals surface area (Å²) in [6, 6.07) is 25.9. The summed E-state index contributed by atoms with van der Waals surface area (Å²) in [5.74, 6) is 1.22. The van der Waals surface area contributed by atoms with Gasteiger partial charge in [-0.2, -0.15) is 0 Å². The zero-order chi connectivity index (χ0) is 24.5. The molecule has 1 N–H and O–H groups in total. The highest BCUT2D eigenvalue weighted by atomic mass is 32.2. The molecule has 5 heteroatoms. The van der Waals surface area contributed by atoms with Crippen molar-refractivity contribution in [1.29, 1.82) is 0 Å². The molecule has 0 aliphatic carbocycles. The average molecular weight is 502 g/mol. The normalized spacial score (nSPS) is 13.3. The lowest BCUT2D eigenvalue weighted by Crippen LogP contribution is -2.20. The Morgan fingerprint density at radius 3 is 2.49 bits per heavy atom. The van der Waals surface area contributed by atoms with Crippen LogP contribution in [0.15, 0.2) is 83.9 Å². The largest absolute Gasteiger partial charge is 0.326 e. The maximum absolute atomic E-state index is 4.71. The Morgan fingerprint density at radius 1 is 0.943 bits per heavy atom. The molecule has 35 heavy (non-hydrogen) atoms. The molecule has 0 unspecified atom stereocenters. The highest BCUT2D eigenvalue weighted by Crippen LogP contribution is 2.33. The van der Waals surface area contributed by atoms with Crippen LogP contribution in [0.1, 0.15) is 45.1 Å². The monoisotopic (exact) mass is 501 g/mol. The number of unbranched alkanes of at least 4 members (excludes halogenated alkanes) is 1. The molecule has 1 saturated heterocycles. The number of pyridine rings is 1. The molecule has 0 saturated carbocycles. The number of rotatable bonds is 6. The van der Waals surface area contributed by atoms with Crippen molar-refractivity contribution in [3.8, 4) is 11.3 Å². The molecule has 3 aromatic carbocycles. The maximum Gasteiger partial charge on any atom is 0.0783 e. The Morgan fingerprint density at radius 2 is 1.74 bits per heavy atom. The van der Waals surface area contributed by atoms with Crippen LogP contribution in [0.5, 0.6) is 0 Å². The molecule has 0 spiro atoms. The molecule has 4 aromatic rings. The third kappa shape index (κ3) is 6.74. The second-order valence-corrected chi connectivity index (χ2v) is 10.7. The standard InChI is InChI=1S/C26H25N3S2.C4H10/c1-19-8-9-21(18-25(19)26-24-7-3-2-6-20(24)14-15-27-26)28-31-23-12-10-22(11-13-23)29-16-4-5-17-30-29;1-3-4-2/h2-3,6-15,18,28H,4-5,16-17H2,1H3;3-4H2,1-2H3. The maximum atomic E-state index is 4.71. The number of fused-ring (bicyclic) bond motifs is 1. The molecular weight excluding hydrogens is 466 g/mol. The van der Waals surface area contributed by atoms with Gasteiger partial charge in [0.05, 0.1) is 5.69 Å². The molecule has 182 valence electrons. The van der Waals surface area contributed by atoms with Gasteiger partial charge in [-0.25, -0.2) is 0 Å². The van der Waals surface area contributed by atoms with E-state index in [0.29, 0.717) is 0 Å². The first-order valence-electron chi connectivity index (χ1n) is 12.6. The Bertz CT molecular complexity index is 1210. The first-order chi connectivity index (χ1) is 17.2. The minimum absolute atomic E-state index is 1.03. The molecule has 0 atom stereocenters. The summed E-state index contributed by atoms with van der Waals surface area (Å²) in [7, 11) is 0. The zero-order valence-corrected chi connectivity index (χ0v) is 22.6. The summed E-state index contributed by atoms with van der Waals surface area (Å²) in [6.07, 6.45) is 7.15. The second kappa shape index (κ2) is 12.9. The zero-order valence-electron chi connectivity index (χ0n) is 21.0. The second-order valence-electron chi connectivity index (χ2n) is 8.75. The third-order valence-electron chi connectivity index (χ3n) is 6.08. The molecule has 1 fully saturated rings. The molecule has 5 rings (SSSR count). The van der Waals surface area contributed by atoms with Crippen LogP contribution < -0.4 is 9.03 Å². The third-order valence-corrected chi connectivity index (χ3v) is 8.10. The van der Waals surface area contributed by atoms with Crippen LogP contribution in [0, 0.1) is 6.92 Å². The van der Waals surface area contributed by atoms with Gasteiger partial charge in [-0.1, -0.05) is 57.0 Å². The van der Waals surface area contributed by atoms with Crippen LogP contribution in [-0.4, -0.2) is 17.3 Å². The van der Waals surface area contributed by atoms with E-state index in [9.17, 15) is 0 Å². The van der Waals surface area contributed by atoms with Gasteiger partial charge in [-0.3, -0.25) is 4.98 Å². The summed E-state index contributed by atoms with van der Waals surface area (Å²) in [5, 5.41) is 2.40. The predicted octanol–water partition coefficient (Wildman–Crippen LogP) is 9.38. The lowest BCUT2D eigenvalue weighted by atomic mass is 10.00. The van der Waals surface area contributed by atoms with Crippen molar-refractivity contribution in [3.63, 3.8) is 0 Å². The summed E-state index contributed by atoms with van der Waals surface area (Å²) in [6.45, 7) is 7.65. The minimum Gasteiger partial charge on any atom is -0.326 e. The summed E-state index contributed by atoms with van der Waals surface area (Å²) < 4.78 is 5.93. The minimum atomic E-state index is 1.03. The molecular formula is C30H35N3S2. The Balaban J connectivity index is 0.000000672. The summed E-state index contributed by atoms with van der Waals surface area (Å²) in [4.78, 5) is 5.92. The number of aromatic nitrogens is 1. The first kappa shape index (κ1) is 25.5. The van der Waals surface area contributed by atoms with Gasteiger partial charge in [0.15, 0.2) is 0 Å². The van der Waals surface area contributed by atoms with Crippen molar-refractivity contribution < 1.29 is 0 Å². The number of benzene rings is 3. The first-order valence-corrected chi connectivity index (χ1v) is 14.3. The van der Waals surface area contributed by atoms with E-state index < -0.39 is 0 Å². The van der Waals surface area contributed by atoms with Crippen molar-refractivity contribution in [2.45, 2.75) is 51.3 Å². The Labute approximate surface area is 219 Å². The van der Waals surface area contributed by atoms with E-state index in [4.69, 9.17) is 4.98 Å². The van der Waals surface area contributed by atoms with E-state index in [1.54, 1.807) is 11.9 Å². The van der Waals surface area contributed by atoms with Gasteiger partial charge >= 0.3 is 0 Å². The quantitative estimate of drug-likeness (QED) is 0.266. The lowest BCUT2D eigenvalue weighted by Gasteiger charge is -2.27. The number of nitrogens with one attached hydrogen (secondary N) is 1. The molecule has 0 bridgehead atoms. The van der Waals surface area contributed by atoms with E-state index in [1.165, 1.54) is 63.9 Å². The van der Waals surface area contributed by atoms with Crippen molar-refractivity contribution in [1.82, 2.24) is 4.98 Å². The Kier molecular flexibility index (Phi) is 9.38. The molecule has 1 aromatic heterocycles. The van der Waals surface area contributed by atoms with Gasteiger partial charge in [-0.15, -0.1) is 0 Å². The van der Waals surface area contributed by atoms with Crippen molar-refractivity contribution in [3.05, 3.63) is 84.6 Å². The molecule has 2 heterocycles. The smallest absolute Gasteiger partial charge is 0.0783 e. The average Bonchev–Trinajstić information content (AvgIpc) is 2.93. The summed E-state index contributed by atoms with van der Waals surface area (Å²) >= 11 is 3.59. The van der Waals surface area contributed by atoms with Crippen LogP contribution in [-0.2, 0) is 0 Å². The molecule has 1 aliphatic heterocycles. The van der Waals surface area contributed by atoms with Crippen LogP contribution in [0.4, 0.5) is 11.4 Å². The number of anilines is 2. The van der Waals surface area contributed by atoms with Crippen molar-refractivity contribution in [2.24, 2.45) is 0 Å². The van der Waals surface area contributed by atoms with Gasteiger partial charge in [0.25, 0.3) is 0 Å². The van der Waals surface area contributed by atoms with Crippen LogP contribution in [0.25, 0.3) is 22.0 Å². The van der Waals surface area contributed by atoms with Crippen LogP contribution in [0.2, 0.25) is 0 Å². The highest BCUT2D eigenvalue weighted by Gasteiger charge is 2.12.